The van der Waals surface area contributed by atoms with Gasteiger partial charge in [-0.05, 0) is 34.7 Å². The van der Waals surface area contributed by atoms with E-state index in [9.17, 15) is 5.11 Å². The van der Waals surface area contributed by atoms with Gasteiger partial charge in [-0.2, -0.15) is 0 Å². The minimum absolute atomic E-state index is 0.472. The van der Waals surface area contributed by atoms with Gasteiger partial charge in [0.2, 0.25) is 0 Å². The Balaban J connectivity index is 1.88. The highest BCUT2D eigenvalue weighted by atomic mass is 35.5. The maximum atomic E-state index is 10.4. The molecule has 0 amide bonds. The number of fused-ring (bicyclic) bond motifs is 1. The molecule has 3 nitrogen and oxygen atoms in total. The summed E-state index contributed by atoms with van der Waals surface area (Å²) < 4.78 is 10.9. The summed E-state index contributed by atoms with van der Waals surface area (Å²) in [5, 5.41) is 13.0. The summed E-state index contributed by atoms with van der Waals surface area (Å²) >= 11 is 7.63. The van der Waals surface area contributed by atoms with Crippen molar-refractivity contribution in [3.05, 3.63) is 44.6 Å². The molecule has 0 saturated heterocycles. The third kappa shape index (κ3) is 2.51. The van der Waals surface area contributed by atoms with E-state index in [-0.39, 0.29) is 0 Å². The van der Waals surface area contributed by atoms with Crippen LogP contribution in [0.15, 0.2) is 23.6 Å². The molecule has 1 atom stereocenters. The smallest absolute Gasteiger partial charge is 0.135 e. The van der Waals surface area contributed by atoms with Crippen LogP contribution in [0.25, 0.3) is 0 Å². The molecule has 3 rings (SSSR count). The number of rotatable bonds is 4. The van der Waals surface area contributed by atoms with Crippen molar-refractivity contribution in [1.29, 1.82) is 0 Å². The summed E-state index contributed by atoms with van der Waals surface area (Å²) in [7, 11) is 1.61. The highest BCUT2D eigenvalue weighted by molar-refractivity contribution is 7.10. The van der Waals surface area contributed by atoms with Gasteiger partial charge in [-0.15, -0.1) is 11.3 Å². The second-order valence-electron chi connectivity index (χ2n) is 4.72. The van der Waals surface area contributed by atoms with Gasteiger partial charge < -0.3 is 14.6 Å². The van der Waals surface area contributed by atoms with Crippen LogP contribution in [0.2, 0.25) is 5.02 Å². The second-order valence-corrected chi connectivity index (χ2v) is 6.11. The van der Waals surface area contributed by atoms with E-state index in [0.29, 0.717) is 18.1 Å². The Morgan fingerprint density at radius 1 is 1.50 bits per heavy atom. The van der Waals surface area contributed by atoms with Crippen molar-refractivity contribution >= 4 is 22.9 Å². The Bertz CT molecular complexity index is 624. The Morgan fingerprint density at radius 2 is 2.35 bits per heavy atom. The minimum atomic E-state index is -0.614. The van der Waals surface area contributed by atoms with Crippen LogP contribution in [0.4, 0.5) is 0 Å². The first kappa shape index (κ1) is 13.7. The van der Waals surface area contributed by atoms with Gasteiger partial charge in [0.1, 0.15) is 11.5 Å². The van der Waals surface area contributed by atoms with Crippen molar-refractivity contribution in [3.63, 3.8) is 0 Å². The lowest BCUT2D eigenvalue weighted by Crippen LogP contribution is -2.03. The summed E-state index contributed by atoms with van der Waals surface area (Å²) in [5.41, 5.74) is 2.07. The van der Waals surface area contributed by atoms with Crippen LogP contribution in [0.3, 0.4) is 0 Å². The van der Waals surface area contributed by atoms with Crippen LogP contribution in [0.1, 0.15) is 22.1 Å². The zero-order valence-corrected chi connectivity index (χ0v) is 12.6. The Kier molecular flexibility index (Phi) is 3.87. The van der Waals surface area contributed by atoms with E-state index in [2.05, 4.69) is 0 Å². The standard InChI is InChI=1S/C15H15ClO3S/c1-18-13-3-5-20-15(13)12(17)8-10-7-11(16)6-9-2-4-19-14(9)10/h3,5-7,12,17H,2,4,8H2,1H3. The van der Waals surface area contributed by atoms with Crippen molar-refractivity contribution in [2.75, 3.05) is 13.7 Å². The summed E-state index contributed by atoms with van der Waals surface area (Å²) in [4.78, 5) is 0.833. The second kappa shape index (κ2) is 5.64. The monoisotopic (exact) mass is 310 g/mol. The zero-order chi connectivity index (χ0) is 14.1. The Hall–Kier alpha value is -1.23. The largest absolute Gasteiger partial charge is 0.495 e. The quantitative estimate of drug-likeness (QED) is 0.937. The molecule has 0 saturated carbocycles. The molecule has 20 heavy (non-hydrogen) atoms. The van der Waals surface area contributed by atoms with Gasteiger partial charge in [0.05, 0.1) is 24.7 Å². The molecule has 2 aromatic rings. The number of halogens is 1. The molecule has 0 radical (unpaired) electrons. The molecule has 1 aromatic carbocycles. The maximum absolute atomic E-state index is 10.4. The van der Waals surface area contributed by atoms with Crippen molar-refractivity contribution in [2.24, 2.45) is 0 Å². The van der Waals surface area contributed by atoms with E-state index in [1.165, 1.54) is 11.3 Å². The van der Waals surface area contributed by atoms with E-state index < -0.39 is 6.10 Å². The predicted molar refractivity (Wildman–Crippen MR) is 80.2 cm³/mol. The lowest BCUT2D eigenvalue weighted by molar-refractivity contribution is 0.177. The molecule has 1 aliphatic rings. The predicted octanol–water partition coefficient (Wildman–Crippen LogP) is 3.62. The van der Waals surface area contributed by atoms with Crippen LogP contribution in [0, 0.1) is 0 Å². The van der Waals surface area contributed by atoms with E-state index in [1.807, 2.05) is 23.6 Å². The van der Waals surface area contributed by atoms with E-state index in [0.717, 1.165) is 33.9 Å². The van der Waals surface area contributed by atoms with Crippen LogP contribution < -0.4 is 9.47 Å². The molecule has 106 valence electrons. The maximum Gasteiger partial charge on any atom is 0.135 e. The zero-order valence-electron chi connectivity index (χ0n) is 11.1. The third-order valence-corrected chi connectivity index (χ3v) is 4.64. The molecule has 1 aliphatic heterocycles. The fraction of sp³-hybridized carbons (Fsp3) is 0.333. The number of hydrogen-bond donors (Lipinski definition) is 1. The number of methoxy groups -OCH3 is 1. The first-order chi connectivity index (χ1) is 9.69. The molecule has 1 N–H and O–H groups in total. The summed E-state index contributed by atoms with van der Waals surface area (Å²) in [6.07, 6.45) is 0.734. The van der Waals surface area contributed by atoms with Crippen LogP contribution in [-0.2, 0) is 12.8 Å². The molecule has 5 heteroatoms. The Labute approximate surface area is 126 Å². The van der Waals surface area contributed by atoms with Gasteiger partial charge in [0.25, 0.3) is 0 Å². The lowest BCUT2D eigenvalue weighted by Gasteiger charge is -2.14. The first-order valence-corrected chi connectivity index (χ1v) is 7.68. The van der Waals surface area contributed by atoms with E-state index in [4.69, 9.17) is 21.1 Å². The van der Waals surface area contributed by atoms with Crippen LogP contribution in [0.5, 0.6) is 11.5 Å². The van der Waals surface area contributed by atoms with Crippen molar-refractivity contribution < 1.29 is 14.6 Å². The van der Waals surface area contributed by atoms with Gasteiger partial charge in [-0.25, -0.2) is 0 Å². The first-order valence-electron chi connectivity index (χ1n) is 6.42. The van der Waals surface area contributed by atoms with Crippen LogP contribution >= 0.6 is 22.9 Å². The van der Waals surface area contributed by atoms with E-state index >= 15 is 0 Å². The fourth-order valence-corrected chi connectivity index (χ4v) is 3.63. The van der Waals surface area contributed by atoms with Crippen molar-refractivity contribution in [2.45, 2.75) is 18.9 Å². The molecule has 0 spiro atoms. The van der Waals surface area contributed by atoms with Gasteiger partial charge >= 0.3 is 0 Å². The van der Waals surface area contributed by atoms with Crippen LogP contribution in [-0.4, -0.2) is 18.8 Å². The fourth-order valence-electron chi connectivity index (χ4n) is 2.52. The number of hydrogen-bond acceptors (Lipinski definition) is 4. The molecule has 1 aromatic heterocycles. The average Bonchev–Trinajstić information content (AvgIpc) is 3.06. The van der Waals surface area contributed by atoms with Gasteiger partial charge in [-0.3, -0.25) is 0 Å². The van der Waals surface area contributed by atoms with Gasteiger partial charge in [0.15, 0.2) is 0 Å². The summed E-state index contributed by atoms with van der Waals surface area (Å²) in [6, 6.07) is 5.67. The number of benzene rings is 1. The number of thiophene rings is 1. The van der Waals surface area contributed by atoms with Gasteiger partial charge in [0, 0.05) is 17.9 Å². The normalized spacial score (nSPS) is 14.8. The SMILES string of the molecule is COc1ccsc1C(O)Cc1cc(Cl)cc2c1OCC2. The summed E-state index contributed by atoms with van der Waals surface area (Å²) in [6.45, 7) is 0.682. The number of ether oxygens (including phenoxy) is 2. The topological polar surface area (TPSA) is 38.7 Å². The average molecular weight is 311 g/mol. The van der Waals surface area contributed by atoms with E-state index in [1.54, 1.807) is 7.11 Å². The summed E-state index contributed by atoms with van der Waals surface area (Å²) in [5.74, 6) is 1.60. The molecule has 0 bridgehead atoms. The molecular formula is C15H15ClO3S. The number of aliphatic hydroxyl groups is 1. The van der Waals surface area contributed by atoms with Gasteiger partial charge in [-0.1, -0.05) is 11.6 Å². The highest BCUT2D eigenvalue weighted by Crippen LogP contribution is 2.38. The highest BCUT2D eigenvalue weighted by Gasteiger charge is 2.22. The molecule has 0 aliphatic carbocycles. The Morgan fingerprint density at radius 3 is 3.15 bits per heavy atom. The number of aliphatic hydroxyl groups excluding tert-OH is 1. The lowest BCUT2D eigenvalue weighted by atomic mass is 10.0. The minimum Gasteiger partial charge on any atom is -0.495 e. The molecule has 0 fully saturated rings. The van der Waals surface area contributed by atoms with Crippen molar-refractivity contribution in [3.8, 4) is 11.5 Å². The van der Waals surface area contributed by atoms with Crippen molar-refractivity contribution in [1.82, 2.24) is 0 Å². The third-order valence-electron chi connectivity index (χ3n) is 3.42. The molecular weight excluding hydrogens is 296 g/mol. The molecule has 1 unspecified atom stereocenters. The molecule has 2 heterocycles.